The van der Waals surface area contributed by atoms with Crippen LogP contribution in [-0.2, 0) is 4.74 Å². The average Bonchev–Trinajstić information content (AvgIpc) is 2.19. The van der Waals surface area contributed by atoms with Crippen molar-refractivity contribution in [1.29, 1.82) is 0 Å². The Balaban J connectivity index is 2.88. The molecule has 14 heavy (non-hydrogen) atoms. The van der Waals surface area contributed by atoms with Crippen molar-refractivity contribution in [2.75, 3.05) is 13.7 Å². The van der Waals surface area contributed by atoms with Crippen LogP contribution >= 0.6 is 23.2 Å². The number of rotatable bonds is 4. The monoisotopic (exact) mass is 234 g/mol. The fourth-order valence-electron chi connectivity index (χ4n) is 1.14. The van der Waals surface area contributed by atoms with Gasteiger partial charge in [-0.3, -0.25) is 11.3 Å². The third-order valence-electron chi connectivity index (χ3n) is 1.88. The molecule has 5 heteroatoms. The number of hydrazine groups is 1. The summed E-state index contributed by atoms with van der Waals surface area (Å²) in [7, 11) is 1.61. The highest BCUT2D eigenvalue weighted by molar-refractivity contribution is 6.42. The topological polar surface area (TPSA) is 47.3 Å². The molecule has 1 aromatic carbocycles. The minimum atomic E-state index is -0.0743. The maximum Gasteiger partial charge on any atom is 0.0694 e. The van der Waals surface area contributed by atoms with Crippen molar-refractivity contribution in [2.24, 2.45) is 5.84 Å². The Morgan fingerprint density at radius 2 is 2.14 bits per heavy atom. The summed E-state index contributed by atoms with van der Waals surface area (Å²) >= 11 is 11.7. The summed E-state index contributed by atoms with van der Waals surface area (Å²) in [6.45, 7) is 0.481. The highest BCUT2D eigenvalue weighted by Gasteiger charge is 2.10. The standard InChI is InChI=1S/C9H12Cl2N2O/c1-14-5-9(13-12)6-2-3-7(10)8(11)4-6/h2-4,9,13H,5,12H2,1H3. The normalized spacial score (nSPS) is 12.9. The van der Waals surface area contributed by atoms with E-state index in [0.717, 1.165) is 5.56 Å². The number of hydrogen-bond acceptors (Lipinski definition) is 3. The summed E-state index contributed by atoms with van der Waals surface area (Å²) in [5.41, 5.74) is 3.59. The van der Waals surface area contributed by atoms with Crippen LogP contribution < -0.4 is 11.3 Å². The molecule has 0 saturated carbocycles. The molecule has 0 aliphatic heterocycles. The molecule has 1 rings (SSSR count). The van der Waals surface area contributed by atoms with Gasteiger partial charge in [-0.05, 0) is 17.7 Å². The first-order chi connectivity index (χ1) is 6.69. The van der Waals surface area contributed by atoms with Gasteiger partial charge in [0.25, 0.3) is 0 Å². The maximum atomic E-state index is 5.87. The van der Waals surface area contributed by atoms with Gasteiger partial charge < -0.3 is 4.74 Å². The van der Waals surface area contributed by atoms with Gasteiger partial charge in [0.15, 0.2) is 0 Å². The predicted octanol–water partition coefficient (Wildman–Crippen LogP) is 2.14. The molecule has 0 bridgehead atoms. The lowest BCUT2D eigenvalue weighted by Gasteiger charge is -2.15. The molecule has 0 heterocycles. The van der Waals surface area contributed by atoms with E-state index in [0.29, 0.717) is 16.7 Å². The van der Waals surface area contributed by atoms with E-state index in [4.69, 9.17) is 33.8 Å². The predicted molar refractivity (Wildman–Crippen MR) is 58.4 cm³/mol. The average molecular weight is 235 g/mol. The van der Waals surface area contributed by atoms with Crippen molar-refractivity contribution in [3.8, 4) is 0 Å². The van der Waals surface area contributed by atoms with Gasteiger partial charge in [-0.2, -0.15) is 0 Å². The van der Waals surface area contributed by atoms with E-state index < -0.39 is 0 Å². The van der Waals surface area contributed by atoms with E-state index in [1.54, 1.807) is 19.2 Å². The molecule has 0 saturated heterocycles. The molecule has 0 amide bonds. The zero-order valence-corrected chi connectivity index (χ0v) is 9.27. The molecule has 3 N–H and O–H groups in total. The number of benzene rings is 1. The largest absolute Gasteiger partial charge is 0.383 e. The summed E-state index contributed by atoms with van der Waals surface area (Å²) < 4.78 is 5.00. The summed E-state index contributed by atoms with van der Waals surface area (Å²) in [6.07, 6.45) is 0. The van der Waals surface area contributed by atoms with Gasteiger partial charge in [0, 0.05) is 7.11 Å². The van der Waals surface area contributed by atoms with Crippen LogP contribution in [0.3, 0.4) is 0 Å². The molecule has 1 aromatic rings. The van der Waals surface area contributed by atoms with Crippen molar-refractivity contribution < 1.29 is 4.74 Å². The number of nitrogens with one attached hydrogen (secondary N) is 1. The lowest BCUT2D eigenvalue weighted by molar-refractivity contribution is 0.167. The second kappa shape index (κ2) is 5.53. The van der Waals surface area contributed by atoms with Crippen molar-refractivity contribution in [3.63, 3.8) is 0 Å². The van der Waals surface area contributed by atoms with Crippen LogP contribution in [0.4, 0.5) is 0 Å². The second-order valence-corrected chi connectivity index (χ2v) is 3.66. The van der Waals surface area contributed by atoms with Crippen LogP contribution in [0.25, 0.3) is 0 Å². The smallest absolute Gasteiger partial charge is 0.0694 e. The molecule has 0 spiro atoms. The second-order valence-electron chi connectivity index (χ2n) is 2.85. The number of methoxy groups -OCH3 is 1. The lowest BCUT2D eigenvalue weighted by atomic mass is 10.1. The van der Waals surface area contributed by atoms with E-state index in [-0.39, 0.29) is 6.04 Å². The van der Waals surface area contributed by atoms with Gasteiger partial charge in [-0.1, -0.05) is 29.3 Å². The summed E-state index contributed by atoms with van der Waals surface area (Å²) in [5.74, 6) is 5.37. The molecule has 0 fully saturated rings. The molecule has 3 nitrogen and oxygen atoms in total. The zero-order valence-electron chi connectivity index (χ0n) is 7.76. The Morgan fingerprint density at radius 3 is 2.64 bits per heavy atom. The van der Waals surface area contributed by atoms with E-state index in [2.05, 4.69) is 5.43 Å². The first-order valence-electron chi connectivity index (χ1n) is 4.09. The first-order valence-corrected chi connectivity index (χ1v) is 4.84. The molecule has 0 aliphatic rings. The van der Waals surface area contributed by atoms with Crippen LogP contribution in [0.2, 0.25) is 10.0 Å². The molecular weight excluding hydrogens is 223 g/mol. The number of halogens is 2. The molecule has 0 radical (unpaired) electrons. The number of ether oxygens (including phenoxy) is 1. The molecule has 0 aromatic heterocycles. The van der Waals surface area contributed by atoms with Crippen LogP contribution in [0.5, 0.6) is 0 Å². The number of hydrogen-bond donors (Lipinski definition) is 2. The SMILES string of the molecule is COCC(NN)c1ccc(Cl)c(Cl)c1. The van der Waals surface area contributed by atoms with Gasteiger partial charge in [0.2, 0.25) is 0 Å². The maximum absolute atomic E-state index is 5.87. The molecule has 1 atom stereocenters. The van der Waals surface area contributed by atoms with Crippen molar-refractivity contribution in [1.82, 2.24) is 5.43 Å². The van der Waals surface area contributed by atoms with Crippen molar-refractivity contribution in [3.05, 3.63) is 33.8 Å². The third-order valence-corrected chi connectivity index (χ3v) is 2.62. The van der Waals surface area contributed by atoms with Gasteiger partial charge in [0.05, 0.1) is 22.7 Å². The highest BCUT2D eigenvalue weighted by atomic mass is 35.5. The Hall–Kier alpha value is -0.320. The fraction of sp³-hybridized carbons (Fsp3) is 0.333. The molecule has 0 aliphatic carbocycles. The summed E-state index contributed by atoms with van der Waals surface area (Å²) in [6, 6.07) is 5.29. The van der Waals surface area contributed by atoms with Gasteiger partial charge in [0.1, 0.15) is 0 Å². The lowest BCUT2D eigenvalue weighted by Crippen LogP contribution is -2.31. The van der Waals surface area contributed by atoms with Crippen LogP contribution in [0.1, 0.15) is 11.6 Å². The number of nitrogens with two attached hydrogens (primary N) is 1. The Bertz CT molecular complexity index is 307. The summed E-state index contributed by atoms with van der Waals surface area (Å²) in [4.78, 5) is 0. The van der Waals surface area contributed by atoms with E-state index in [1.807, 2.05) is 6.07 Å². The Morgan fingerprint density at radius 1 is 1.43 bits per heavy atom. The fourth-order valence-corrected chi connectivity index (χ4v) is 1.44. The molecular formula is C9H12Cl2N2O. The van der Waals surface area contributed by atoms with E-state index in [9.17, 15) is 0 Å². The van der Waals surface area contributed by atoms with Crippen molar-refractivity contribution >= 4 is 23.2 Å². The zero-order chi connectivity index (χ0) is 10.6. The molecule has 1 unspecified atom stereocenters. The summed E-state index contributed by atoms with van der Waals surface area (Å²) in [5, 5.41) is 1.05. The Kier molecular flexibility index (Phi) is 4.65. The minimum Gasteiger partial charge on any atom is -0.383 e. The molecule has 78 valence electrons. The third kappa shape index (κ3) is 2.83. The quantitative estimate of drug-likeness (QED) is 0.620. The minimum absolute atomic E-state index is 0.0743. The van der Waals surface area contributed by atoms with Gasteiger partial charge >= 0.3 is 0 Å². The van der Waals surface area contributed by atoms with E-state index >= 15 is 0 Å². The van der Waals surface area contributed by atoms with Crippen LogP contribution in [0.15, 0.2) is 18.2 Å². The van der Waals surface area contributed by atoms with Crippen molar-refractivity contribution in [2.45, 2.75) is 6.04 Å². The highest BCUT2D eigenvalue weighted by Crippen LogP contribution is 2.25. The first kappa shape index (κ1) is 11.8. The Labute approximate surface area is 93.1 Å². The van der Waals surface area contributed by atoms with Crippen LogP contribution in [0, 0.1) is 0 Å². The van der Waals surface area contributed by atoms with Gasteiger partial charge in [-0.25, -0.2) is 0 Å². The van der Waals surface area contributed by atoms with Crippen LogP contribution in [-0.4, -0.2) is 13.7 Å². The van der Waals surface area contributed by atoms with E-state index in [1.165, 1.54) is 0 Å². The van der Waals surface area contributed by atoms with Gasteiger partial charge in [-0.15, -0.1) is 0 Å².